The van der Waals surface area contributed by atoms with Crippen molar-refractivity contribution < 1.29 is 33.0 Å². The number of aliphatic carboxylic acids is 1. The summed E-state index contributed by atoms with van der Waals surface area (Å²) in [6.45, 7) is 3.57. The minimum Gasteiger partial charge on any atom is -0.479 e. The fourth-order valence-electron chi connectivity index (χ4n) is 2.33. The van der Waals surface area contributed by atoms with Gasteiger partial charge in [-0.2, -0.15) is 0 Å². The maximum absolute atomic E-state index is 12.5. The molecule has 1 aliphatic rings. The van der Waals surface area contributed by atoms with Gasteiger partial charge in [-0.05, 0) is 39.0 Å². The summed E-state index contributed by atoms with van der Waals surface area (Å²) in [5, 5.41) is 20.6. The van der Waals surface area contributed by atoms with Crippen LogP contribution >= 0.6 is 0 Å². The highest BCUT2D eigenvalue weighted by Crippen LogP contribution is 2.32. The zero-order valence-corrected chi connectivity index (χ0v) is 14.6. The number of sulfonamides is 1. The topological polar surface area (TPSA) is 141 Å². The van der Waals surface area contributed by atoms with E-state index >= 15 is 0 Å². The van der Waals surface area contributed by atoms with Gasteiger partial charge >= 0.3 is 5.97 Å². The normalized spacial score (nSPS) is 18.0. The highest BCUT2D eigenvalue weighted by molar-refractivity contribution is 7.90. The maximum atomic E-state index is 12.5. The molecule has 2 rings (SSSR count). The Hall–Kier alpha value is -2.46. The van der Waals surface area contributed by atoms with Crippen LogP contribution in [0.25, 0.3) is 0 Å². The van der Waals surface area contributed by atoms with Crippen molar-refractivity contribution in [1.29, 1.82) is 0 Å². The van der Waals surface area contributed by atoms with Gasteiger partial charge in [0.1, 0.15) is 4.90 Å². The summed E-state index contributed by atoms with van der Waals surface area (Å²) in [4.78, 5) is 34.9. The maximum Gasteiger partial charge on any atom is 0.337 e. The number of carbonyl (C=O) groups excluding carboxylic acids is 2. The van der Waals surface area contributed by atoms with Crippen LogP contribution < -0.4 is 5.32 Å². The molecule has 0 saturated heterocycles. The number of nitrogens with zero attached hydrogens (tertiary/aromatic N) is 1. The summed E-state index contributed by atoms with van der Waals surface area (Å²) in [6.07, 6.45) is 0. The molecule has 1 atom stereocenters. The van der Waals surface area contributed by atoms with Gasteiger partial charge in [0.25, 0.3) is 21.8 Å². The fraction of sp³-hybridized carbons (Fsp3) is 0.400. The molecule has 0 aliphatic carbocycles. The molecule has 0 radical (unpaired) electrons. The molecule has 1 aromatic carbocycles. The lowest BCUT2D eigenvalue weighted by Crippen LogP contribution is -2.46. The SMILES string of the molecule is CC(C)N1C(=O)c2ccc(C(=O)NCC(C)(O)C(=O)O)cc2S1(=O)=O. The summed E-state index contributed by atoms with van der Waals surface area (Å²) < 4.78 is 25.7. The quantitative estimate of drug-likeness (QED) is 0.652. The van der Waals surface area contributed by atoms with Gasteiger partial charge in [-0.25, -0.2) is 17.5 Å². The van der Waals surface area contributed by atoms with Crippen LogP contribution in [0.1, 0.15) is 41.5 Å². The van der Waals surface area contributed by atoms with E-state index in [2.05, 4.69) is 5.32 Å². The van der Waals surface area contributed by atoms with Gasteiger partial charge in [-0.15, -0.1) is 0 Å². The fourth-order valence-corrected chi connectivity index (χ4v) is 4.12. The first-order valence-corrected chi connectivity index (χ1v) is 8.80. The van der Waals surface area contributed by atoms with E-state index in [1.807, 2.05) is 0 Å². The molecule has 1 heterocycles. The van der Waals surface area contributed by atoms with Crippen LogP contribution in [0, 0.1) is 0 Å². The van der Waals surface area contributed by atoms with Crippen molar-refractivity contribution in [2.24, 2.45) is 0 Å². The van der Waals surface area contributed by atoms with Crippen LogP contribution in [-0.4, -0.2) is 58.9 Å². The summed E-state index contributed by atoms with van der Waals surface area (Å²) in [5.41, 5.74) is -2.26. The second-order valence-electron chi connectivity index (χ2n) is 6.17. The lowest BCUT2D eigenvalue weighted by Gasteiger charge is -2.19. The number of hydrogen-bond donors (Lipinski definition) is 3. The molecule has 0 saturated carbocycles. The Morgan fingerprint density at radius 2 is 1.92 bits per heavy atom. The Labute approximate surface area is 144 Å². The number of hydrogen-bond acceptors (Lipinski definition) is 6. The second kappa shape index (κ2) is 6.12. The van der Waals surface area contributed by atoms with Crippen LogP contribution in [-0.2, 0) is 14.8 Å². The first kappa shape index (κ1) is 18.9. The van der Waals surface area contributed by atoms with E-state index in [-0.39, 0.29) is 16.0 Å². The standard InChI is InChI=1S/C15H18N2O7S/c1-8(2)17-13(19)10-5-4-9(6-11(10)25(17,23)24)12(18)16-7-15(3,22)14(20)21/h4-6,8,22H,7H2,1-3H3,(H,16,18)(H,20,21). The number of nitrogens with one attached hydrogen (secondary N) is 1. The number of fused-ring (bicyclic) bond motifs is 1. The average molecular weight is 370 g/mol. The van der Waals surface area contributed by atoms with Crippen LogP contribution in [0.4, 0.5) is 0 Å². The molecule has 136 valence electrons. The summed E-state index contributed by atoms with van der Waals surface area (Å²) in [5.74, 6) is -2.94. The zero-order chi connectivity index (χ0) is 19.2. The predicted molar refractivity (Wildman–Crippen MR) is 85.5 cm³/mol. The minimum atomic E-state index is -4.05. The Kier molecular flexibility index (Phi) is 4.62. The van der Waals surface area contributed by atoms with Gasteiger partial charge in [0.05, 0.1) is 12.1 Å². The Morgan fingerprint density at radius 1 is 1.32 bits per heavy atom. The molecule has 25 heavy (non-hydrogen) atoms. The molecular weight excluding hydrogens is 352 g/mol. The predicted octanol–water partition coefficient (Wildman–Crippen LogP) is -0.195. The molecule has 10 heteroatoms. The van der Waals surface area contributed by atoms with Gasteiger partial charge in [-0.1, -0.05) is 0 Å². The molecule has 3 N–H and O–H groups in total. The van der Waals surface area contributed by atoms with E-state index < -0.39 is 46.0 Å². The van der Waals surface area contributed by atoms with Gasteiger partial charge in [0.15, 0.2) is 5.60 Å². The van der Waals surface area contributed by atoms with E-state index in [1.165, 1.54) is 12.1 Å². The van der Waals surface area contributed by atoms with Gasteiger partial charge in [0, 0.05) is 11.6 Å². The Bertz CT molecular complexity index is 859. The lowest BCUT2D eigenvalue weighted by molar-refractivity contribution is -0.155. The van der Waals surface area contributed by atoms with E-state index in [9.17, 15) is 27.9 Å². The molecule has 2 amide bonds. The second-order valence-corrected chi connectivity index (χ2v) is 7.96. The molecule has 0 spiro atoms. The smallest absolute Gasteiger partial charge is 0.337 e. The monoisotopic (exact) mass is 370 g/mol. The van der Waals surface area contributed by atoms with Gasteiger partial charge in [-0.3, -0.25) is 9.59 Å². The number of aliphatic hydroxyl groups is 1. The Balaban J connectivity index is 2.32. The van der Waals surface area contributed by atoms with Crippen molar-refractivity contribution >= 4 is 27.8 Å². The third-order valence-electron chi connectivity index (χ3n) is 3.73. The molecule has 1 aromatic rings. The molecular formula is C15H18N2O7S. The van der Waals surface area contributed by atoms with E-state index in [1.54, 1.807) is 13.8 Å². The number of carbonyl (C=O) groups is 3. The van der Waals surface area contributed by atoms with Gasteiger partial charge < -0.3 is 15.5 Å². The number of carboxylic acids is 1. The largest absolute Gasteiger partial charge is 0.479 e. The zero-order valence-electron chi connectivity index (χ0n) is 13.8. The van der Waals surface area contributed by atoms with Crippen LogP contribution in [0.3, 0.4) is 0 Å². The van der Waals surface area contributed by atoms with Crippen molar-refractivity contribution in [2.75, 3.05) is 6.54 Å². The van der Waals surface area contributed by atoms with Crippen LogP contribution in [0.15, 0.2) is 23.1 Å². The number of carboxylic acid groups (broad SMARTS) is 1. The first-order chi connectivity index (χ1) is 11.4. The molecule has 1 aliphatic heterocycles. The molecule has 9 nitrogen and oxygen atoms in total. The van der Waals surface area contributed by atoms with Crippen molar-refractivity contribution in [3.05, 3.63) is 29.3 Å². The third-order valence-corrected chi connectivity index (χ3v) is 5.73. The summed E-state index contributed by atoms with van der Waals surface area (Å²) >= 11 is 0. The summed E-state index contributed by atoms with van der Waals surface area (Å²) in [6, 6.07) is 2.99. The van der Waals surface area contributed by atoms with Crippen molar-refractivity contribution in [3.8, 4) is 0 Å². The average Bonchev–Trinajstić information content (AvgIpc) is 2.71. The highest BCUT2D eigenvalue weighted by atomic mass is 32.2. The minimum absolute atomic E-state index is 0.0252. The number of benzene rings is 1. The summed E-state index contributed by atoms with van der Waals surface area (Å²) in [7, 11) is -4.05. The Morgan fingerprint density at radius 3 is 2.44 bits per heavy atom. The highest BCUT2D eigenvalue weighted by Gasteiger charge is 2.43. The lowest BCUT2D eigenvalue weighted by atomic mass is 10.1. The van der Waals surface area contributed by atoms with Crippen LogP contribution in [0.5, 0.6) is 0 Å². The molecule has 0 fully saturated rings. The van der Waals surface area contributed by atoms with Crippen molar-refractivity contribution in [2.45, 2.75) is 37.3 Å². The van der Waals surface area contributed by atoms with Crippen molar-refractivity contribution in [3.63, 3.8) is 0 Å². The van der Waals surface area contributed by atoms with Gasteiger partial charge in [0.2, 0.25) is 0 Å². The first-order valence-electron chi connectivity index (χ1n) is 7.36. The number of amides is 2. The van der Waals surface area contributed by atoms with Crippen molar-refractivity contribution in [1.82, 2.24) is 9.62 Å². The molecule has 0 bridgehead atoms. The van der Waals surface area contributed by atoms with E-state index in [0.29, 0.717) is 0 Å². The van der Waals surface area contributed by atoms with E-state index in [4.69, 9.17) is 5.11 Å². The van der Waals surface area contributed by atoms with E-state index in [0.717, 1.165) is 17.3 Å². The molecule has 1 unspecified atom stereocenters. The van der Waals surface area contributed by atoms with Crippen LogP contribution in [0.2, 0.25) is 0 Å². The number of rotatable bonds is 5. The molecule has 0 aromatic heterocycles. The third kappa shape index (κ3) is 3.22.